The van der Waals surface area contributed by atoms with Gasteiger partial charge in [-0.15, -0.1) is 0 Å². The highest BCUT2D eigenvalue weighted by Gasteiger charge is 2.38. The average Bonchev–Trinajstić information content (AvgIpc) is 3.24. The van der Waals surface area contributed by atoms with Crippen molar-refractivity contribution in [2.75, 3.05) is 46.6 Å². The van der Waals surface area contributed by atoms with Gasteiger partial charge in [-0.05, 0) is 111 Å². The Kier molecular flexibility index (Phi) is 37.1. The van der Waals surface area contributed by atoms with Crippen molar-refractivity contribution in [2.45, 2.75) is 233 Å². The fourth-order valence-corrected chi connectivity index (χ4v) is 7.63. The molecule has 0 aliphatic carbocycles. The highest BCUT2D eigenvalue weighted by atomic mass is 16.7. The summed E-state index contributed by atoms with van der Waals surface area (Å²) in [5.74, 6) is -0.430. The minimum atomic E-state index is -0.504. The zero-order chi connectivity index (χ0) is 43.8. The molecule has 1 saturated heterocycles. The second-order valence-electron chi connectivity index (χ2n) is 18.2. The maximum Gasteiger partial charge on any atom is 0.311 e. The van der Waals surface area contributed by atoms with Crippen molar-refractivity contribution in [3.63, 3.8) is 0 Å². The summed E-state index contributed by atoms with van der Waals surface area (Å²) in [4.78, 5) is 41.4. The van der Waals surface area contributed by atoms with Crippen LogP contribution in [0.2, 0.25) is 0 Å². The zero-order valence-corrected chi connectivity index (χ0v) is 39.9. The summed E-state index contributed by atoms with van der Waals surface area (Å²) < 4.78 is 24.0. The highest BCUT2D eigenvalue weighted by molar-refractivity contribution is 5.78. The van der Waals surface area contributed by atoms with Gasteiger partial charge in [0, 0.05) is 38.4 Å². The largest absolute Gasteiger partial charge is 0.465 e. The number of likely N-dealkylation sites (tertiary alicyclic amines) is 1. The summed E-state index contributed by atoms with van der Waals surface area (Å²) in [5, 5.41) is 0. The number of piperidine rings is 1. The van der Waals surface area contributed by atoms with E-state index in [2.05, 4.69) is 57.0 Å². The molecule has 8 nitrogen and oxygen atoms in total. The first kappa shape index (κ1) is 56.0. The van der Waals surface area contributed by atoms with Crippen molar-refractivity contribution in [3.05, 3.63) is 24.3 Å². The molecule has 0 aromatic heterocycles. The lowest BCUT2D eigenvalue weighted by Gasteiger charge is -2.36. The highest BCUT2D eigenvalue weighted by Crippen LogP contribution is 2.32. The van der Waals surface area contributed by atoms with Crippen LogP contribution in [0, 0.1) is 11.3 Å². The molecule has 350 valence electrons. The van der Waals surface area contributed by atoms with Gasteiger partial charge >= 0.3 is 11.9 Å². The molecule has 1 aliphatic rings. The number of nitrogens with zero attached hydrogens (tertiary/aromatic N) is 1. The molecule has 1 atom stereocenters. The van der Waals surface area contributed by atoms with Gasteiger partial charge in [-0.25, -0.2) is 0 Å². The van der Waals surface area contributed by atoms with E-state index in [1.807, 2.05) is 6.92 Å². The fraction of sp³-hybridized carbons (Fsp3) is 0.865. The lowest BCUT2D eigenvalue weighted by atomic mass is 9.80. The summed E-state index contributed by atoms with van der Waals surface area (Å²) in [5.41, 5.74) is -0.504. The van der Waals surface area contributed by atoms with E-state index in [-0.39, 0.29) is 43.1 Å². The molecule has 0 aromatic carbocycles. The van der Waals surface area contributed by atoms with Gasteiger partial charge in [0.25, 0.3) is 0 Å². The molecule has 1 heterocycles. The number of allylic oxidation sites excluding steroid dienone is 4. The van der Waals surface area contributed by atoms with Crippen LogP contribution in [0.15, 0.2) is 24.3 Å². The summed E-state index contributed by atoms with van der Waals surface area (Å²) >= 11 is 0. The maximum absolute atomic E-state index is 13.2. The third-order valence-corrected chi connectivity index (χ3v) is 12.2. The lowest BCUT2D eigenvalue weighted by molar-refractivity contribution is -0.160. The molecule has 1 fully saturated rings. The Morgan fingerprint density at radius 1 is 0.567 bits per heavy atom. The summed E-state index contributed by atoms with van der Waals surface area (Å²) in [6, 6.07) is 0. The van der Waals surface area contributed by atoms with Crippen LogP contribution in [0.3, 0.4) is 0 Å². The van der Waals surface area contributed by atoms with Crippen molar-refractivity contribution < 1.29 is 33.3 Å². The van der Waals surface area contributed by atoms with E-state index < -0.39 is 5.41 Å². The number of ketones is 1. The van der Waals surface area contributed by atoms with Crippen LogP contribution in [0.5, 0.6) is 0 Å². The van der Waals surface area contributed by atoms with Crippen LogP contribution in [0.1, 0.15) is 227 Å². The minimum absolute atomic E-state index is 0.162. The molecule has 0 bridgehead atoms. The fourth-order valence-electron chi connectivity index (χ4n) is 7.63. The lowest BCUT2D eigenvalue weighted by Crippen LogP contribution is -2.42. The standard InChI is InChI=1S/C52H95NO7/c1-6-9-12-15-18-19-20-21-22-23-24-25-26-27-30-35-49(55)59-45-47(46-60-51(56)52(4)39-41-53(5)42-40-52)37-38-48(54)34-33-36-50(57-43-31-28-16-13-10-7-2)58-44-32-29-17-14-11-8-3/h18-19,21-22,47,50H,6-17,20,23-46H2,1-5H3/b19-18-,22-21-. The zero-order valence-electron chi connectivity index (χ0n) is 39.9. The Morgan fingerprint density at radius 2 is 1.07 bits per heavy atom. The molecule has 1 rings (SSSR count). The first-order chi connectivity index (χ1) is 29.2. The van der Waals surface area contributed by atoms with Crippen molar-refractivity contribution in [2.24, 2.45) is 11.3 Å². The second kappa shape index (κ2) is 39.8. The molecule has 1 aliphatic heterocycles. The number of hydrogen-bond acceptors (Lipinski definition) is 8. The molecular formula is C52H95NO7. The number of Topliss-reactive ketones (excluding diaryl/α,β-unsaturated/α-hetero) is 1. The van der Waals surface area contributed by atoms with Crippen LogP contribution >= 0.6 is 0 Å². The van der Waals surface area contributed by atoms with Crippen LogP contribution in [0.4, 0.5) is 0 Å². The van der Waals surface area contributed by atoms with Crippen molar-refractivity contribution in [3.8, 4) is 0 Å². The van der Waals surface area contributed by atoms with Crippen LogP contribution in [-0.4, -0.2) is 75.5 Å². The van der Waals surface area contributed by atoms with Gasteiger partial charge in [0.2, 0.25) is 0 Å². The summed E-state index contributed by atoms with van der Waals surface area (Å²) in [6.45, 7) is 12.2. The van der Waals surface area contributed by atoms with Crippen LogP contribution in [0.25, 0.3) is 0 Å². The van der Waals surface area contributed by atoms with Gasteiger partial charge < -0.3 is 23.8 Å². The molecule has 0 aromatic rings. The number of ether oxygens (including phenoxy) is 4. The third kappa shape index (κ3) is 32.7. The Morgan fingerprint density at radius 3 is 1.67 bits per heavy atom. The van der Waals surface area contributed by atoms with E-state index in [4.69, 9.17) is 18.9 Å². The van der Waals surface area contributed by atoms with Crippen LogP contribution in [-0.2, 0) is 33.3 Å². The predicted molar refractivity (Wildman–Crippen MR) is 250 cm³/mol. The quantitative estimate of drug-likeness (QED) is 0.0260. The number of hydrogen-bond donors (Lipinski definition) is 0. The van der Waals surface area contributed by atoms with Gasteiger partial charge in [-0.2, -0.15) is 0 Å². The number of carbonyl (C=O) groups excluding carboxylic acids is 3. The Labute approximate surface area is 370 Å². The van der Waals surface area contributed by atoms with Gasteiger partial charge in [0.15, 0.2) is 6.29 Å². The predicted octanol–water partition coefficient (Wildman–Crippen LogP) is 13.8. The van der Waals surface area contributed by atoms with Gasteiger partial charge in [0.05, 0.1) is 18.6 Å². The van der Waals surface area contributed by atoms with E-state index in [0.29, 0.717) is 51.7 Å². The van der Waals surface area contributed by atoms with Gasteiger partial charge in [-0.1, -0.05) is 141 Å². The Balaban J connectivity index is 2.52. The second-order valence-corrected chi connectivity index (χ2v) is 18.2. The number of rotatable bonds is 42. The van der Waals surface area contributed by atoms with E-state index in [1.165, 1.54) is 103 Å². The first-order valence-electron chi connectivity index (χ1n) is 25.3. The van der Waals surface area contributed by atoms with Crippen molar-refractivity contribution in [1.82, 2.24) is 4.90 Å². The Hall–Kier alpha value is -2.03. The SMILES string of the molecule is CCCCC/C=C\C/C=C\CCCCCCCC(=O)OCC(CCC(=O)CCCC(OCCCCCCCC)OCCCCCCCC)COC(=O)C1(C)CCN(C)CC1. The number of unbranched alkanes of at least 4 members (excludes halogenated alkanes) is 18. The summed E-state index contributed by atoms with van der Waals surface area (Å²) in [7, 11) is 2.08. The van der Waals surface area contributed by atoms with Gasteiger partial charge in [0.1, 0.15) is 5.78 Å². The molecule has 1 unspecified atom stereocenters. The molecule has 60 heavy (non-hydrogen) atoms. The first-order valence-corrected chi connectivity index (χ1v) is 25.3. The topological polar surface area (TPSA) is 91.4 Å². The molecule has 0 saturated carbocycles. The van der Waals surface area contributed by atoms with E-state index >= 15 is 0 Å². The number of carbonyl (C=O) groups is 3. The number of esters is 2. The smallest absolute Gasteiger partial charge is 0.311 e. The third-order valence-electron chi connectivity index (χ3n) is 12.2. The van der Waals surface area contributed by atoms with E-state index in [9.17, 15) is 14.4 Å². The average molecular weight is 846 g/mol. The minimum Gasteiger partial charge on any atom is -0.465 e. The molecule has 0 N–H and O–H groups in total. The molecule has 0 amide bonds. The summed E-state index contributed by atoms with van der Waals surface area (Å²) in [6.07, 6.45) is 40.7. The van der Waals surface area contributed by atoms with E-state index in [1.54, 1.807) is 0 Å². The molecular weight excluding hydrogens is 751 g/mol. The maximum atomic E-state index is 13.2. The Bertz CT molecular complexity index is 1060. The van der Waals surface area contributed by atoms with Crippen LogP contribution < -0.4 is 0 Å². The molecule has 0 spiro atoms. The van der Waals surface area contributed by atoms with Gasteiger partial charge in [-0.3, -0.25) is 14.4 Å². The monoisotopic (exact) mass is 846 g/mol. The normalized spacial score (nSPS) is 15.0. The van der Waals surface area contributed by atoms with Crippen molar-refractivity contribution >= 4 is 17.7 Å². The molecule has 8 heteroatoms. The van der Waals surface area contributed by atoms with Crippen molar-refractivity contribution in [1.29, 1.82) is 0 Å². The molecule has 0 radical (unpaired) electrons. The van der Waals surface area contributed by atoms with E-state index in [0.717, 1.165) is 70.9 Å².